The highest BCUT2D eigenvalue weighted by Gasteiger charge is 2.25. The van der Waals surface area contributed by atoms with Crippen LogP contribution in [0.1, 0.15) is 50.0 Å². The van der Waals surface area contributed by atoms with Crippen LogP contribution in [0.15, 0.2) is 23.2 Å². The summed E-state index contributed by atoms with van der Waals surface area (Å²) in [5.74, 6) is 1.68. The quantitative estimate of drug-likeness (QED) is 0.866. The first-order chi connectivity index (χ1) is 9.74. The van der Waals surface area contributed by atoms with Crippen LogP contribution in [0, 0.1) is 0 Å². The molecule has 108 valence electrons. The molecule has 0 spiro atoms. The number of hydrogen-bond donors (Lipinski definition) is 0. The molecule has 0 N–H and O–H groups in total. The van der Waals surface area contributed by atoms with Gasteiger partial charge >= 0.3 is 0 Å². The van der Waals surface area contributed by atoms with E-state index in [-0.39, 0.29) is 0 Å². The predicted octanol–water partition coefficient (Wildman–Crippen LogP) is 3.30. The van der Waals surface area contributed by atoms with Crippen molar-refractivity contribution in [3.8, 4) is 0 Å². The monoisotopic (exact) mass is 290 g/mol. The van der Waals surface area contributed by atoms with E-state index in [2.05, 4.69) is 50.3 Å². The Balaban J connectivity index is 1.70. The molecule has 1 saturated heterocycles. The van der Waals surface area contributed by atoms with E-state index in [0.717, 1.165) is 18.9 Å². The predicted molar refractivity (Wildman–Crippen MR) is 82.0 cm³/mol. The van der Waals surface area contributed by atoms with Crippen molar-refractivity contribution in [3.05, 3.63) is 34.5 Å². The second-order valence-electron chi connectivity index (χ2n) is 5.90. The molecule has 1 aliphatic rings. The molecule has 0 radical (unpaired) electrons. The van der Waals surface area contributed by atoms with E-state index in [9.17, 15) is 0 Å². The number of thiophene rings is 1. The Morgan fingerprint density at radius 3 is 3.10 bits per heavy atom. The van der Waals surface area contributed by atoms with Crippen molar-refractivity contribution >= 4 is 11.3 Å². The number of piperidine rings is 1. The fourth-order valence-corrected chi connectivity index (χ4v) is 3.65. The fraction of sp³-hybridized carbons (Fsp3) is 0.600. The molecule has 0 aromatic carbocycles. The topological polar surface area (TPSA) is 34.0 Å². The summed E-state index contributed by atoms with van der Waals surface area (Å²) in [7, 11) is 0. The highest BCUT2D eigenvalue weighted by Crippen LogP contribution is 2.28. The van der Waals surface area contributed by atoms with Crippen LogP contribution in [-0.2, 0) is 6.54 Å². The number of likely N-dealkylation sites (tertiary alicyclic amines) is 1. The van der Waals surface area contributed by atoms with Crippen LogP contribution in [-0.4, -0.2) is 32.8 Å². The van der Waals surface area contributed by atoms with Gasteiger partial charge < -0.3 is 4.57 Å². The van der Waals surface area contributed by atoms with Gasteiger partial charge in [0.05, 0.1) is 0 Å². The molecular weight excluding hydrogens is 268 g/mol. The lowest BCUT2D eigenvalue weighted by Gasteiger charge is -2.32. The van der Waals surface area contributed by atoms with Gasteiger partial charge in [0.2, 0.25) is 0 Å². The molecule has 3 rings (SSSR count). The Labute approximate surface area is 124 Å². The summed E-state index contributed by atoms with van der Waals surface area (Å²) in [5.41, 5.74) is 1.43. The van der Waals surface area contributed by atoms with Gasteiger partial charge in [0, 0.05) is 25.0 Å². The highest BCUT2D eigenvalue weighted by molar-refractivity contribution is 7.07. The molecule has 5 heteroatoms. The summed E-state index contributed by atoms with van der Waals surface area (Å²) >= 11 is 1.78. The smallest absolute Gasteiger partial charge is 0.137 e. The largest absolute Gasteiger partial charge is 0.315 e. The molecule has 1 aliphatic heterocycles. The molecule has 0 saturated carbocycles. The highest BCUT2D eigenvalue weighted by atomic mass is 32.1. The zero-order valence-electron chi connectivity index (χ0n) is 12.2. The van der Waals surface area contributed by atoms with Gasteiger partial charge in [-0.25, -0.2) is 0 Å². The maximum absolute atomic E-state index is 4.38. The minimum atomic E-state index is 0.437. The molecule has 0 bridgehead atoms. The lowest BCUT2D eigenvalue weighted by molar-refractivity contribution is 0.194. The molecule has 20 heavy (non-hydrogen) atoms. The summed E-state index contributed by atoms with van der Waals surface area (Å²) < 4.78 is 2.22. The van der Waals surface area contributed by atoms with Gasteiger partial charge in [0.25, 0.3) is 0 Å². The first-order valence-electron chi connectivity index (χ1n) is 7.37. The molecule has 2 aromatic rings. The van der Waals surface area contributed by atoms with E-state index in [0.29, 0.717) is 12.0 Å². The Morgan fingerprint density at radius 2 is 2.35 bits per heavy atom. The third kappa shape index (κ3) is 2.94. The number of rotatable bonds is 4. The second-order valence-corrected chi connectivity index (χ2v) is 6.68. The van der Waals surface area contributed by atoms with E-state index >= 15 is 0 Å². The van der Waals surface area contributed by atoms with Crippen molar-refractivity contribution in [2.45, 2.75) is 45.2 Å². The average molecular weight is 290 g/mol. The minimum Gasteiger partial charge on any atom is -0.315 e. The van der Waals surface area contributed by atoms with E-state index in [4.69, 9.17) is 0 Å². The van der Waals surface area contributed by atoms with E-state index in [1.165, 1.54) is 24.9 Å². The summed E-state index contributed by atoms with van der Waals surface area (Å²) in [6.07, 6.45) is 4.35. The van der Waals surface area contributed by atoms with Crippen LogP contribution in [0.3, 0.4) is 0 Å². The van der Waals surface area contributed by atoms with Gasteiger partial charge in [-0.3, -0.25) is 4.90 Å². The molecule has 1 atom stereocenters. The van der Waals surface area contributed by atoms with Gasteiger partial charge in [0.15, 0.2) is 0 Å². The van der Waals surface area contributed by atoms with Crippen molar-refractivity contribution in [3.63, 3.8) is 0 Å². The average Bonchev–Trinajstić information content (AvgIpc) is 3.09. The third-order valence-corrected chi connectivity index (χ3v) is 4.75. The Bertz CT molecular complexity index is 532. The van der Waals surface area contributed by atoms with Gasteiger partial charge in [-0.15, -0.1) is 10.2 Å². The Hall–Kier alpha value is -1.20. The van der Waals surface area contributed by atoms with Crippen LogP contribution in [0.4, 0.5) is 0 Å². The van der Waals surface area contributed by atoms with Gasteiger partial charge in [-0.05, 0) is 55.6 Å². The first-order valence-corrected chi connectivity index (χ1v) is 8.31. The van der Waals surface area contributed by atoms with Crippen molar-refractivity contribution in [1.29, 1.82) is 0 Å². The summed E-state index contributed by atoms with van der Waals surface area (Å²) in [5, 5.41) is 12.9. The van der Waals surface area contributed by atoms with Gasteiger partial charge in [-0.2, -0.15) is 11.3 Å². The SMILES string of the molecule is CC(C)n1cnnc1[C@@H]1CCCN(Cc2ccsc2)C1. The maximum atomic E-state index is 4.38. The second kappa shape index (κ2) is 6.06. The molecule has 0 amide bonds. The zero-order chi connectivity index (χ0) is 13.9. The minimum absolute atomic E-state index is 0.437. The molecule has 4 nitrogen and oxygen atoms in total. The number of nitrogens with zero attached hydrogens (tertiary/aromatic N) is 4. The van der Waals surface area contributed by atoms with Gasteiger partial charge in [-0.1, -0.05) is 0 Å². The van der Waals surface area contributed by atoms with Crippen LogP contribution in [0.2, 0.25) is 0 Å². The van der Waals surface area contributed by atoms with Crippen LogP contribution >= 0.6 is 11.3 Å². The summed E-state index contributed by atoms with van der Waals surface area (Å²) in [6.45, 7) is 7.75. The number of aromatic nitrogens is 3. The molecule has 0 aliphatic carbocycles. The van der Waals surface area contributed by atoms with Crippen molar-refractivity contribution in [2.24, 2.45) is 0 Å². The van der Waals surface area contributed by atoms with Crippen LogP contribution in [0.25, 0.3) is 0 Å². The van der Waals surface area contributed by atoms with Crippen LogP contribution in [0.5, 0.6) is 0 Å². The lowest BCUT2D eigenvalue weighted by Crippen LogP contribution is -2.35. The molecule has 0 unspecified atom stereocenters. The van der Waals surface area contributed by atoms with Crippen molar-refractivity contribution < 1.29 is 0 Å². The Kier molecular flexibility index (Phi) is 4.17. The Morgan fingerprint density at radius 1 is 1.45 bits per heavy atom. The summed E-state index contributed by atoms with van der Waals surface area (Å²) in [4.78, 5) is 2.55. The van der Waals surface area contributed by atoms with E-state index < -0.39 is 0 Å². The van der Waals surface area contributed by atoms with E-state index in [1.807, 2.05) is 6.33 Å². The van der Waals surface area contributed by atoms with Crippen molar-refractivity contribution in [1.82, 2.24) is 19.7 Å². The fourth-order valence-electron chi connectivity index (χ4n) is 2.99. The number of hydrogen-bond acceptors (Lipinski definition) is 4. The first kappa shape index (κ1) is 13.8. The normalized spacial score (nSPS) is 20.6. The summed E-state index contributed by atoms with van der Waals surface area (Å²) in [6, 6.07) is 2.66. The lowest BCUT2D eigenvalue weighted by atomic mass is 9.96. The van der Waals surface area contributed by atoms with E-state index in [1.54, 1.807) is 11.3 Å². The molecular formula is C15H22N4S. The molecule has 1 fully saturated rings. The zero-order valence-corrected chi connectivity index (χ0v) is 13.0. The standard InChI is InChI=1S/C15H22N4S/c1-12(2)19-11-16-17-15(19)14-4-3-6-18(9-14)8-13-5-7-20-10-13/h5,7,10-12,14H,3-4,6,8-9H2,1-2H3/t14-/m1/s1. The molecule has 2 aromatic heterocycles. The van der Waals surface area contributed by atoms with Gasteiger partial charge in [0.1, 0.15) is 12.2 Å². The van der Waals surface area contributed by atoms with Crippen LogP contribution < -0.4 is 0 Å². The maximum Gasteiger partial charge on any atom is 0.137 e. The van der Waals surface area contributed by atoms with Crippen molar-refractivity contribution in [2.75, 3.05) is 13.1 Å². The molecule has 3 heterocycles. The third-order valence-electron chi connectivity index (χ3n) is 4.01.